The normalized spacial score (nSPS) is 11.0. The number of hydrogen-bond donors (Lipinski definition) is 2. The molecular formula is C20H18F2N6O. The number of para-hydroxylation sites is 1. The van der Waals surface area contributed by atoms with Crippen LogP contribution in [0.2, 0.25) is 0 Å². The molecule has 2 aromatic carbocycles. The number of aryl methyl sites for hydroxylation is 1. The van der Waals surface area contributed by atoms with E-state index in [0.29, 0.717) is 18.5 Å². The summed E-state index contributed by atoms with van der Waals surface area (Å²) < 4.78 is 35.3. The maximum Gasteiger partial charge on any atom is 0.225 e. The molecule has 0 bridgehead atoms. The highest BCUT2D eigenvalue weighted by Gasteiger charge is 2.20. The second kappa shape index (κ2) is 7.70. The van der Waals surface area contributed by atoms with E-state index < -0.39 is 11.6 Å². The molecule has 0 spiro atoms. The molecule has 0 saturated carbocycles. The first kappa shape index (κ1) is 18.6. The second-order valence-electron chi connectivity index (χ2n) is 6.29. The third-order valence-corrected chi connectivity index (χ3v) is 4.34. The third-order valence-electron chi connectivity index (χ3n) is 4.34. The van der Waals surface area contributed by atoms with E-state index in [1.807, 2.05) is 30.3 Å². The SMILES string of the molecule is Cn1nc2nc(NCCOc3ccccc3)nc(-c3cccc(F)c3F)c2c1N. The zero-order valence-electron chi connectivity index (χ0n) is 15.6. The molecule has 0 aliphatic rings. The van der Waals surface area contributed by atoms with Gasteiger partial charge in [0.05, 0.1) is 17.6 Å². The number of nitrogens with two attached hydrogens (primary N) is 1. The van der Waals surface area contributed by atoms with Crippen LogP contribution in [0.1, 0.15) is 0 Å². The summed E-state index contributed by atoms with van der Waals surface area (Å²) in [6, 6.07) is 13.3. The summed E-state index contributed by atoms with van der Waals surface area (Å²) in [5.41, 5.74) is 6.50. The smallest absolute Gasteiger partial charge is 0.225 e. The minimum Gasteiger partial charge on any atom is -0.492 e. The Hall–Kier alpha value is -3.75. The molecule has 0 unspecified atom stereocenters. The van der Waals surface area contributed by atoms with Gasteiger partial charge in [-0.2, -0.15) is 10.1 Å². The summed E-state index contributed by atoms with van der Waals surface area (Å²) in [6.07, 6.45) is 0. The van der Waals surface area contributed by atoms with Crippen molar-refractivity contribution < 1.29 is 13.5 Å². The highest BCUT2D eigenvalue weighted by Crippen LogP contribution is 2.33. The molecule has 0 amide bonds. The molecule has 0 fully saturated rings. The summed E-state index contributed by atoms with van der Waals surface area (Å²) >= 11 is 0. The standard InChI is InChI=1S/C20H18F2N6O/c1-28-18(23)15-17(13-8-5-9-14(21)16(13)22)25-20(26-19(15)27-28)24-10-11-29-12-6-3-2-4-7-12/h2-9H,10-11,23H2,1H3,(H,24,26,27). The number of fused-ring (bicyclic) bond motifs is 1. The Morgan fingerprint density at radius 3 is 2.66 bits per heavy atom. The van der Waals surface area contributed by atoms with Gasteiger partial charge in [0.1, 0.15) is 18.2 Å². The number of anilines is 2. The summed E-state index contributed by atoms with van der Waals surface area (Å²) in [5.74, 6) is -0.758. The van der Waals surface area contributed by atoms with Crippen molar-refractivity contribution in [1.29, 1.82) is 0 Å². The molecule has 4 aromatic rings. The van der Waals surface area contributed by atoms with Gasteiger partial charge >= 0.3 is 0 Å². The van der Waals surface area contributed by atoms with Crippen molar-refractivity contribution in [2.24, 2.45) is 7.05 Å². The molecule has 0 atom stereocenters. The molecule has 2 heterocycles. The number of halogens is 2. The van der Waals surface area contributed by atoms with E-state index in [1.54, 1.807) is 7.05 Å². The lowest BCUT2D eigenvalue weighted by Gasteiger charge is -2.10. The minimum atomic E-state index is -1.01. The first-order valence-electron chi connectivity index (χ1n) is 8.91. The van der Waals surface area contributed by atoms with E-state index in [1.165, 1.54) is 16.8 Å². The third kappa shape index (κ3) is 3.66. The highest BCUT2D eigenvalue weighted by molar-refractivity contribution is 5.99. The fourth-order valence-electron chi connectivity index (χ4n) is 2.92. The van der Waals surface area contributed by atoms with Crippen molar-refractivity contribution in [3.05, 3.63) is 60.2 Å². The van der Waals surface area contributed by atoms with Gasteiger partial charge < -0.3 is 15.8 Å². The minimum absolute atomic E-state index is 0.0133. The number of nitrogen functional groups attached to an aromatic ring is 1. The number of aromatic nitrogens is 4. The summed E-state index contributed by atoms with van der Waals surface area (Å²) in [5, 5.41) is 7.63. The van der Waals surface area contributed by atoms with Crippen molar-refractivity contribution in [2.45, 2.75) is 0 Å². The second-order valence-corrected chi connectivity index (χ2v) is 6.29. The number of benzene rings is 2. The Bertz CT molecular complexity index is 1160. The van der Waals surface area contributed by atoms with Gasteiger partial charge in [0, 0.05) is 12.6 Å². The lowest BCUT2D eigenvalue weighted by atomic mass is 10.1. The van der Waals surface area contributed by atoms with Crippen molar-refractivity contribution in [2.75, 3.05) is 24.2 Å². The van der Waals surface area contributed by atoms with E-state index >= 15 is 0 Å². The van der Waals surface area contributed by atoms with E-state index in [2.05, 4.69) is 20.4 Å². The summed E-state index contributed by atoms with van der Waals surface area (Å²) in [7, 11) is 1.64. The topological polar surface area (TPSA) is 90.9 Å². The van der Waals surface area contributed by atoms with Gasteiger partial charge in [0.2, 0.25) is 5.95 Å². The van der Waals surface area contributed by atoms with Gasteiger partial charge in [-0.25, -0.2) is 13.8 Å². The molecular weight excluding hydrogens is 378 g/mol. The average Bonchev–Trinajstić information content (AvgIpc) is 3.01. The first-order chi connectivity index (χ1) is 14.0. The molecule has 9 heteroatoms. The van der Waals surface area contributed by atoms with Crippen LogP contribution in [-0.2, 0) is 7.05 Å². The predicted octanol–water partition coefficient (Wildman–Crippen LogP) is 3.38. The number of nitrogens with zero attached hydrogens (tertiary/aromatic N) is 4. The molecule has 0 aliphatic heterocycles. The Kier molecular flexibility index (Phi) is 4.94. The quantitative estimate of drug-likeness (QED) is 0.486. The summed E-state index contributed by atoms with van der Waals surface area (Å²) in [4.78, 5) is 8.71. The van der Waals surface area contributed by atoms with Gasteiger partial charge in [-0.05, 0) is 24.3 Å². The van der Waals surface area contributed by atoms with Crippen molar-refractivity contribution in [3.8, 4) is 17.0 Å². The van der Waals surface area contributed by atoms with Crippen LogP contribution in [0.15, 0.2) is 48.5 Å². The van der Waals surface area contributed by atoms with Crippen LogP contribution in [0.3, 0.4) is 0 Å². The molecule has 3 N–H and O–H groups in total. The Balaban J connectivity index is 1.64. The molecule has 29 heavy (non-hydrogen) atoms. The van der Waals surface area contributed by atoms with Crippen molar-refractivity contribution >= 4 is 22.8 Å². The van der Waals surface area contributed by atoms with Crippen LogP contribution in [0, 0.1) is 11.6 Å². The fourth-order valence-corrected chi connectivity index (χ4v) is 2.92. The maximum atomic E-state index is 14.4. The zero-order chi connectivity index (χ0) is 20.4. The van der Waals surface area contributed by atoms with Crippen molar-refractivity contribution in [1.82, 2.24) is 19.7 Å². The number of ether oxygens (including phenoxy) is 1. The van der Waals surface area contributed by atoms with Gasteiger partial charge in [0.25, 0.3) is 0 Å². The number of rotatable bonds is 6. The van der Waals surface area contributed by atoms with Gasteiger partial charge in [-0.1, -0.05) is 24.3 Å². The molecule has 7 nitrogen and oxygen atoms in total. The van der Waals surface area contributed by atoms with Crippen LogP contribution in [0.4, 0.5) is 20.5 Å². The van der Waals surface area contributed by atoms with Gasteiger partial charge in [0.15, 0.2) is 17.3 Å². The lowest BCUT2D eigenvalue weighted by Crippen LogP contribution is -2.13. The van der Waals surface area contributed by atoms with Gasteiger partial charge in [-0.3, -0.25) is 4.68 Å². The average molecular weight is 396 g/mol. The Morgan fingerprint density at radius 2 is 1.86 bits per heavy atom. The molecule has 2 aromatic heterocycles. The monoisotopic (exact) mass is 396 g/mol. The van der Waals surface area contributed by atoms with E-state index in [4.69, 9.17) is 10.5 Å². The molecule has 4 rings (SSSR count). The highest BCUT2D eigenvalue weighted by atomic mass is 19.2. The molecule has 148 valence electrons. The van der Waals surface area contributed by atoms with E-state index in [9.17, 15) is 8.78 Å². The van der Waals surface area contributed by atoms with E-state index in [-0.39, 0.29) is 28.7 Å². The summed E-state index contributed by atoms with van der Waals surface area (Å²) in [6.45, 7) is 0.757. The Morgan fingerprint density at radius 1 is 1.07 bits per heavy atom. The number of nitrogens with one attached hydrogen (secondary N) is 1. The first-order valence-corrected chi connectivity index (χ1v) is 8.91. The lowest BCUT2D eigenvalue weighted by molar-refractivity contribution is 0.332. The Labute approximate surface area is 165 Å². The van der Waals surface area contributed by atoms with Gasteiger partial charge in [-0.15, -0.1) is 0 Å². The van der Waals surface area contributed by atoms with E-state index in [0.717, 1.165) is 11.8 Å². The zero-order valence-corrected chi connectivity index (χ0v) is 15.6. The van der Waals surface area contributed by atoms with Crippen molar-refractivity contribution in [3.63, 3.8) is 0 Å². The molecule has 0 radical (unpaired) electrons. The fraction of sp³-hybridized carbons (Fsp3) is 0.150. The van der Waals surface area contributed by atoms with Crippen LogP contribution < -0.4 is 15.8 Å². The molecule has 0 saturated heterocycles. The van der Waals surface area contributed by atoms with Crippen LogP contribution in [0.25, 0.3) is 22.3 Å². The van der Waals surface area contributed by atoms with Crippen LogP contribution in [0.5, 0.6) is 5.75 Å². The number of hydrogen-bond acceptors (Lipinski definition) is 6. The maximum absolute atomic E-state index is 14.4. The molecule has 0 aliphatic carbocycles. The van der Waals surface area contributed by atoms with Crippen LogP contribution >= 0.6 is 0 Å². The van der Waals surface area contributed by atoms with Crippen LogP contribution in [-0.4, -0.2) is 32.9 Å². The largest absolute Gasteiger partial charge is 0.492 e. The predicted molar refractivity (Wildman–Crippen MR) is 106 cm³/mol.